The highest BCUT2D eigenvalue weighted by Gasteiger charge is 2.63. The van der Waals surface area contributed by atoms with Gasteiger partial charge in [-0.05, 0) is 55.9 Å². The van der Waals surface area contributed by atoms with Crippen molar-refractivity contribution in [1.82, 2.24) is 4.90 Å². The number of primary amides is 1. The first-order valence-corrected chi connectivity index (χ1v) is 14.9. The molecule has 244 valence electrons. The molecule has 0 heterocycles. The number of rotatable bonds is 5. The van der Waals surface area contributed by atoms with Gasteiger partial charge in [-0.15, -0.1) is 0 Å². The standard InChI is InChI=1S/C34H35N5O8/c1-38(2)22-14-21(37-33(46)36-20-11-7-9-15-8-5-6-10-17(15)20)27(40)24-18(22)12-16-13-19-26(39(3)4)29(42)25(32(35)45)31(44)34(19,47)30(43)23(16)28(24)41/h5-11,14,16,19,26,40,42-43,47H,12-13H2,1-4H3,(H2,35,45)(H2,36,37,46). The highest BCUT2D eigenvalue weighted by molar-refractivity contribution is 6.25. The van der Waals surface area contributed by atoms with Crippen LogP contribution in [-0.4, -0.2) is 88.7 Å². The van der Waals surface area contributed by atoms with E-state index < -0.39 is 69.8 Å². The zero-order chi connectivity index (χ0) is 34.1. The number of nitrogens with zero attached hydrogens (tertiary/aromatic N) is 2. The van der Waals surface area contributed by atoms with Gasteiger partial charge in [-0.1, -0.05) is 36.4 Å². The Morgan fingerprint density at radius 2 is 1.62 bits per heavy atom. The van der Waals surface area contributed by atoms with Crippen molar-refractivity contribution in [1.29, 1.82) is 0 Å². The number of urea groups is 1. The van der Waals surface area contributed by atoms with Gasteiger partial charge in [-0.2, -0.15) is 0 Å². The molecule has 4 unspecified atom stereocenters. The number of phenols is 1. The molecule has 3 aromatic rings. The van der Waals surface area contributed by atoms with E-state index in [2.05, 4.69) is 10.6 Å². The summed E-state index contributed by atoms with van der Waals surface area (Å²) in [6, 6.07) is 12.7. The molecule has 0 saturated heterocycles. The van der Waals surface area contributed by atoms with E-state index in [1.165, 1.54) is 11.0 Å². The molecule has 13 heteroatoms. The molecule has 0 spiro atoms. The fourth-order valence-corrected chi connectivity index (χ4v) is 7.40. The predicted octanol–water partition coefficient (Wildman–Crippen LogP) is 2.98. The van der Waals surface area contributed by atoms with Crippen LogP contribution >= 0.6 is 0 Å². The van der Waals surface area contributed by atoms with E-state index in [9.17, 15) is 39.6 Å². The average molecular weight is 642 g/mol. The van der Waals surface area contributed by atoms with E-state index in [-0.39, 0.29) is 29.7 Å². The number of likely N-dealkylation sites (N-methyl/N-ethyl adjacent to an activating group) is 1. The van der Waals surface area contributed by atoms with E-state index in [1.54, 1.807) is 45.2 Å². The van der Waals surface area contributed by atoms with Crippen molar-refractivity contribution in [2.75, 3.05) is 43.7 Å². The van der Waals surface area contributed by atoms with Crippen LogP contribution in [0.1, 0.15) is 22.3 Å². The van der Waals surface area contributed by atoms with Gasteiger partial charge >= 0.3 is 6.03 Å². The fourth-order valence-electron chi connectivity index (χ4n) is 7.40. The maximum atomic E-state index is 14.2. The Bertz CT molecular complexity index is 1960. The van der Waals surface area contributed by atoms with Gasteiger partial charge in [-0.25, -0.2) is 4.79 Å². The van der Waals surface area contributed by atoms with Crippen LogP contribution in [0.25, 0.3) is 10.8 Å². The lowest BCUT2D eigenvalue weighted by molar-refractivity contribution is -0.148. The number of hydrogen-bond donors (Lipinski definition) is 7. The van der Waals surface area contributed by atoms with E-state index in [1.807, 2.05) is 30.3 Å². The number of benzene rings is 3. The van der Waals surface area contributed by atoms with Gasteiger partial charge in [0.05, 0.1) is 23.0 Å². The number of ketones is 2. The maximum Gasteiger partial charge on any atom is 0.323 e. The summed E-state index contributed by atoms with van der Waals surface area (Å²) in [4.78, 5) is 56.4. The van der Waals surface area contributed by atoms with Crippen molar-refractivity contribution >= 4 is 51.3 Å². The Morgan fingerprint density at radius 3 is 2.28 bits per heavy atom. The molecule has 0 radical (unpaired) electrons. The smallest absolute Gasteiger partial charge is 0.323 e. The quantitative estimate of drug-likeness (QED) is 0.160. The molecular weight excluding hydrogens is 606 g/mol. The van der Waals surface area contributed by atoms with Gasteiger partial charge in [0, 0.05) is 36.7 Å². The number of amides is 3. The van der Waals surface area contributed by atoms with E-state index >= 15 is 0 Å². The summed E-state index contributed by atoms with van der Waals surface area (Å²) < 4.78 is 0. The number of nitrogens with two attached hydrogens (primary N) is 1. The summed E-state index contributed by atoms with van der Waals surface area (Å²) in [5.41, 5.74) is 2.66. The van der Waals surface area contributed by atoms with Gasteiger partial charge in [0.1, 0.15) is 17.1 Å². The Kier molecular flexibility index (Phi) is 7.48. The minimum atomic E-state index is -2.75. The summed E-state index contributed by atoms with van der Waals surface area (Å²) in [5.74, 6) is -7.48. The molecule has 3 aliphatic carbocycles. The number of fused-ring (bicyclic) bond motifs is 4. The summed E-state index contributed by atoms with van der Waals surface area (Å²) in [5, 5.41) is 53.0. The molecule has 3 aliphatic rings. The van der Waals surface area contributed by atoms with Crippen LogP contribution in [0.3, 0.4) is 0 Å². The monoisotopic (exact) mass is 641 g/mol. The zero-order valence-electron chi connectivity index (χ0n) is 26.2. The number of aliphatic hydroxyl groups is 3. The molecule has 0 aromatic heterocycles. The lowest BCUT2D eigenvalue weighted by Crippen LogP contribution is -2.63. The van der Waals surface area contributed by atoms with Crippen molar-refractivity contribution in [3.05, 3.63) is 82.3 Å². The van der Waals surface area contributed by atoms with Crippen LogP contribution in [0.2, 0.25) is 0 Å². The summed E-state index contributed by atoms with van der Waals surface area (Å²) in [7, 11) is 6.60. The molecule has 0 saturated carbocycles. The summed E-state index contributed by atoms with van der Waals surface area (Å²) >= 11 is 0. The first-order chi connectivity index (χ1) is 22.2. The normalized spacial score (nSPS) is 23.7. The number of Topliss-reactive ketones (excluding diaryl/α,β-unsaturated/α-hetero) is 2. The van der Waals surface area contributed by atoms with Crippen LogP contribution < -0.4 is 21.3 Å². The van der Waals surface area contributed by atoms with E-state index in [0.29, 0.717) is 16.9 Å². The van der Waals surface area contributed by atoms with Gasteiger partial charge in [-0.3, -0.25) is 19.3 Å². The van der Waals surface area contributed by atoms with Crippen LogP contribution in [0, 0.1) is 11.8 Å². The molecule has 8 N–H and O–H groups in total. The number of allylic oxidation sites excluding steroid dienone is 1. The van der Waals surface area contributed by atoms with E-state index in [4.69, 9.17) is 5.73 Å². The van der Waals surface area contributed by atoms with Crippen LogP contribution in [0.15, 0.2) is 71.2 Å². The molecule has 0 fully saturated rings. The molecule has 6 rings (SSSR count). The number of aromatic hydroxyl groups is 1. The summed E-state index contributed by atoms with van der Waals surface area (Å²) in [6.45, 7) is 0. The molecule has 47 heavy (non-hydrogen) atoms. The number of anilines is 3. The van der Waals surface area contributed by atoms with Gasteiger partial charge < -0.3 is 41.7 Å². The predicted molar refractivity (Wildman–Crippen MR) is 175 cm³/mol. The fraction of sp³-hybridized carbons (Fsp3) is 0.294. The second-order valence-electron chi connectivity index (χ2n) is 12.6. The molecule has 4 atom stereocenters. The first kappa shape index (κ1) is 31.6. The van der Waals surface area contributed by atoms with Crippen molar-refractivity contribution in [3.63, 3.8) is 0 Å². The lowest BCUT2D eigenvalue weighted by atomic mass is 9.58. The number of hydrogen-bond acceptors (Lipinski definition) is 10. The topological polar surface area (TPSA) is 206 Å². The third-order valence-corrected chi connectivity index (χ3v) is 9.47. The number of carbonyl (C=O) groups is 4. The molecule has 0 bridgehead atoms. The van der Waals surface area contributed by atoms with Crippen LogP contribution in [0.4, 0.5) is 21.9 Å². The van der Waals surface area contributed by atoms with E-state index in [0.717, 1.165) is 10.8 Å². The second-order valence-corrected chi connectivity index (χ2v) is 12.6. The Hall–Kier alpha value is -5.40. The van der Waals surface area contributed by atoms with Crippen molar-refractivity contribution < 1.29 is 39.6 Å². The molecular formula is C34H35N5O8. The Balaban J connectivity index is 1.43. The summed E-state index contributed by atoms with van der Waals surface area (Å²) in [6.07, 6.45) is 0.0743. The Morgan fingerprint density at radius 1 is 0.957 bits per heavy atom. The third kappa shape index (κ3) is 4.69. The second kappa shape index (κ2) is 11.1. The number of carbonyl (C=O) groups excluding carboxylic acids is 4. The zero-order valence-corrected chi connectivity index (χ0v) is 26.2. The lowest BCUT2D eigenvalue weighted by Gasteiger charge is -2.50. The van der Waals surface area contributed by atoms with Crippen LogP contribution in [0.5, 0.6) is 5.75 Å². The minimum Gasteiger partial charge on any atom is -0.510 e. The van der Waals surface area contributed by atoms with Gasteiger partial charge in [0.25, 0.3) is 5.91 Å². The SMILES string of the molecule is CN(C)c1cc(NC(=O)Nc2cccc3ccccc23)c(O)c2c1CC1CC3C(N(C)C)C(O)=C(C(N)=O)C(=O)C3(O)C(O)=C1C2=O. The van der Waals surface area contributed by atoms with Crippen LogP contribution in [-0.2, 0) is 16.0 Å². The number of nitrogens with one attached hydrogen (secondary N) is 2. The van der Waals surface area contributed by atoms with Crippen molar-refractivity contribution in [2.24, 2.45) is 17.6 Å². The molecule has 3 aromatic carbocycles. The van der Waals surface area contributed by atoms with Gasteiger partial charge in [0.2, 0.25) is 5.78 Å². The highest BCUT2D eigenvalue weighted by atomic mass is 16.3. The molecule has 3 amide bonds. The maximum absolute atomic E-state index is 14.2. The van der Waals surface area contributed by atoms with Crippen molar-refractivity contribution in [2.45, 2.75) is 24.5 Å². The first-order valence-electron chi connectivity index (χ1n) is 14.9. The minimum absolute atomic E-state index is 0.0349. The highest BCUT2D eigenvalue weighted by Crippen LogP contribution is 2.54. The Labute approximate surface area is 269 Å². The van der Waals surface area contributed by atoms with Gasteiger partial charge in [0.15, 0.2) is 17.1 Å². The largest absolute Gasteiger partial charge is 0.510 e. The average Bonchev–Trinajstić information content (AvgIpc) is 3.00. The molecule has 13 nitrogen and oxygen atoms in total. The number of phenolic OH excluding ortho intramolecular Hbond substituents is 1. The van der Waals surface area contributed by atoms with Crippen molar-refractivity contribution in [3.8, 4) is 5.75 Å². The number of aliphatic hydroxyl groups excluding tert-OH is 2. The third-order valence-electron chi connectivity index (χ3n) is 9.47. The molecule has 0 aliphatic heterocycles.